The highest BCUT2D eigenvalue weighted by atomic mass is 16.5. The normalized spacial score (nSPS) is 11.7. The first-order chi connectivity index (χ1) is 12.2. The number of carboxylic acids is 1. The van der Waals surface area contributed by atoms with Crippen LogP contribution in [0, 0.1) is 0 Å². The van der Waals surface area contributed by atoms with E-state index in [1.807, 2.05) is 18.2 Å². The first-order valence-corrected chi connectivity index (χ1v) is 7.81. The van der Waals surface area contributed by atoms with Gasteiger partial charge in [-0.2, -0.15) is 5.10 Å². The molecule has 0 amide bonds. The molecule has 6 nitrogen and oxygen atoms in total. The van der Waals surface area contributed by atoms with E-state index in [9.17, 15) is 4.79 Å². The lowest BCUT2D eigenvalue weighted by atomic mass is 10.1. The van der Waals surface area contributed by atoms with Crippen molar-refractivity contribution in [1.82, 2.24) is 15.2 Å². The molecule has 2 N–H and O–H groups in total. The fourth-order valence-corrected chi connectivity index (χ4v) is 3.03. The fraction of sp³-hybridized carbons (Fsp3) is 0.105. The number of aromatic carboxylic acids is 1. The molecule has 2 heterocycles. The predicted molar refractivity (Wildman–Crippen MR) is 92.7 cm³/mol. The molecule has 4 rings (SSSR count). The van der Waals surface area contributed by atoms with Crippen LogP contribution in [0.2, 0.25) is 0 Å². The van der Waals surface area contributed by atoms with Crippen LogP contribution in [-0.4, -0.2) is 32.9 Å². The quantitative estimate of drug-likeness (QED) is 0.547. The number of aromatic amines is 1. The molecule has 6 heteroatoms. The Balaban J connectivity index is 1.67. The van der Waals surface area contributed by atoms with E-state index in [-0.39, 0.29) is 5.56 Å². The first-order valence-electron chi connectivity index (χ1n) is 7.81. The Bertz CT molecular complexity index is 974. The molecule has 0 unspecified atom stereocenters. The SMILES string of the molecule is C=CCOc1ccc2c(c1)Cc1c(-c3ccc(C(=O)O)cn3)n[nH]c1-2. The van der Waals surface area contributed by atoms with E-state index in [4.69, 9.17) is 9.84 Å². The molecule has 2 aromatic heterocycles. The Kier molecular flexibility index (Phi) is 3.57. The fourth-order valence-electron chi connectivity index (χ4n) is 3.03. The number of pyridine rings is 1. The Morgan fingerprint density at radius 1 is 1.36 bits per heavy atom. The summed E-state index contributed by atoms with van der Waals surface area (Å²) >= 11 is 0. The number of fused-ring (bicyclic) bond motifs is 3. The van der Waals surface area contributed by atoms with Crippen molar-refractivity contribution in [1.29, 1.82) is 0 Å². The number of carboxylic acid groups (broad SMARTS) is 1. The molecule has 0 spiro atoms. The first kappa shape index (κ1) is 15.1. The largest absolute Gasteiger partial charge is 0.490 e. The molecule has 1 aromatic carbocycles. The van der Waals surface area contributed by atoms with Gasteiger partial charge < -0.3 is 9.84 Å². The second kappa shape index (κ2) is 5.90. The molecule has 0 radical (unpaired) electrons. The second-order valence-electron chi connectivity index (χ2n) is 5.76. The molecule has 25 heavy (non-hydrogen) atoms. The molecular formula is C19H15N3O3. The van der Waals surface area contributed by atoms with Crippen LogP contribution in [0.4, 0.5) is 0 Å². The zero-order chi connectivity index (χ0) is 17.4. The van der Waals surface area contributed by atoms with Gasteiger partial charge in [0.15, 0.2) is 0 Å². The zero-order valence-electron chi connectivity index (χ0n) is 13.3. The molecule has 124 valence electrons. The highest BCUT2D eigenvalue weighted by Crippen LogP contribution is 2.40. The zero-order valence-corrected chi connectivity index (χ0v) is 13.3. The van der Waals surface area contributed by atoms with Gasteiger partial charge in [-0.05, 0) is 35.9 Å². The maximum absolute atomic E-state index is 11.0. The van der Waals surface area contributed by atoms with E-state index in [1.165, 1.54) is 12.3 Å². The minimum Gasteiger partial charge on any atom is -0.490 e. The molecule has 0 saturated carbocycles. The Morgan fingerprint density at radius 2 is 2.24 bits per heavy atom. The van der Waals surface area contributed by atoms with E-state index in [2.05, 4.69) is 21.8 Å². The van der Waals surface area contributed by atoms with Gasteiger partial charge in [0.05, 0.1) is 17.0 Å². The summed E-state index contributed by atoms with van der Waals surface area (Å²) in [5.41, 5.74) is 5.85. The van der Waals surface area contributed by atoms with Crippen LogP contribution in [0.15, 0.2) is 49.2 Å². The van der Waals surface area contributed by atoms with Gasteiger partial charge >= 0.3 is 5.97 Å². The van der Waals surface area contributed by atoms with Crippen LogP contribution in [0.1, 0.15) is 21.5 Å². The third kappa shape index (κ3) is 2.57. The summed E-state index contributed by atoms with van der Waals surface area (Å²) in [4.78, 5) is 15.2. The third-order valence-electron chi connectivity index (χ3n) is 4.20. The number of nitrogens with zero attached hydrogens (tertiary/aromatic N) is 2. The summed E-state index contributed by atoms with van der Waals surface area (Å²) in [5.74, 6) is -0.187. The topological polar surface area (TPSA) is 88.1 Å². The van der Waals surface area contributed by atoms with Crippen molar-refractivity contribution in [3.8, 4) is 28.4 Å². The lowest BCUT2D eigenvalue weighted by molar-refractivity contribution is 0.0696. The molecule has 1 aliphatic carbocycles. The lowest BCUT2D eigenvalue weighted by Gasteiger charge is -2.06. The molecule has 0 atom stereocenters. The maximum atomic E-state index is 11.0. The average Bonchev–Trinajstić information content (AvgIpc) is 3.18. The molecule has 0 aliphatic heterocycles. The smallest absolute Gasteiger partial charge is 0.337 e. The number of hydrogen-bond donors (Lipinski definition) is 2. The highest BCUT2D eigenvalue weighted by Gasteiger charge is 2.26. The number of nitrogens with one attached hydrogen (secondary N) is 1. The number of carbonyl (C=O) groups is 1. The summed E-state index contributed by atoms with van der Waals surface area (Å²) in [6.45, 7) is 4.12. The average molecular weight is 333 g/mol. The standard InChI is InChI=1S/C19H15N3O3/c1-2-7-25-13-4-5-14-12(8-13)9-15-17(14)21-22-18(15)16-6-3-11(10-20-16)19(23)24/h2-6,8,10H,1,7,9H2,(H,21,22)(H,23,24). The van der Waals surface area contributed by atoms with Gasteiger partial charge in [-0.15, -0.1) is 0 Å². The van der Waals surface area contributed by atoms with E-state index in [0.29, 0.717) is 12.3 Å². The predicted octanol–water partition coefficient (Wildman–Crippen LogP) is 3.31. The van der Waals surface area contributed by atoms with Crippen molar-refractivity contribution in [2.45, 2.75) is 6.42 Å². The van der Waals surface area contributed by atoms with E-state index in [1.54, 1.807) is 12.1 Å². The summed E-state index contributed by atoms with van der Waals surface area (Å²) in [6.07, 6.45) is 3.79. The van der Waals surface area contributed by atoms with Crippen molar-refractivity contribution in [2.75, 3.05) is 6.61 Å². The second-order valence-corrected chi connectivity index (χ2v) is 5.76. The number of hydrogen-bond acceptors (Lipinski definition) is 4. The van der Waals surface area contributed by atoms with Crippen LogP contribution in [0.5, 0.6) is 5.75 Å². The third-order valence-corrected chi connectivity index (χ3v) is 4.20. The van der Waals surface area contributed by atoms with Crippen LogP contribution in [0.25, 0.3) is 22.6 Å². The van der Waals surface area contributed by atoms with E-state index >= 15 is 0 Å². The molecule has 0 saturated heterocycles. The maximum Gasteiger partial charge on any atom is 0.337 e. The number of ether oxygens (including phenoxy) is 1. The van der Waals surface area contributed by atoms with Crippen molar-refractivity contribution in [3.05, 3.63) is 65.9 Å². The van der Waals surface area contributed by atoms with Crippen LogP contribution >= 0.6 is 0 Å². The van der Waals surface area contributed by atoms with E-state index in [0.717, 1.165) is 40.2 Å². The number of aromatic nitrogens is 3. The molecule has 3 aromatic rings. The number of H-pyrrole nitrogens is 1. The Hall–Kier alpha value is -3.41. The van der Waals surface area contributed by atoms with Crippen LogP contribution in [0.3, 0.4) is 0 Å². The van der Waals surface area contributed by atoms with E-state index < -0.39 is 5.97 Å². The summed E-state index contributed by atoms with van der Waals surface area (Å²) in [5, 5.41) is 16.4. The van der Waals surface area contributed by atoms with Crippen LogP contribution < -0.4 is 4.74 Å². The Labute approximate surface area is 143 Å². The Morgan fingerprint density at radius 3 is 2.96 bits per heavy atom. The van der Waals surface area contributed by atoms with Gasteiger partial charge in [0, 0.05) is 23.7 Å². The minimum atomic E-state index is -0.995. The number of benzene rings is 1. The van der Waals surface area contributed by atoms with Gasteiger partial charge in [0.2, 0.25) is 0 Å². The molecule has 1 aliphatic rings. The van der Waals surface area contributed by atoms with Gasteiger partial charge in [-0.25, -0.2) is 4.79 Å². The minimum absolute atomic E-state index is 0.156. The highest BCUT2D eigenvalue weighted by molar-refractivity contribution is 5.88. The summed E-state index contributed by atoms with van der Waals surface area (Å²) in [7, 11) is 0. The van der Waals surface area contributed by atoms with Gasteiger partial charge in [-0.3, -0.25) is 10.1 Å². The van der Waals surface area contributed by atoms with Gasteiger partial charge in [-0.1, -0.05) is 12.7 Å². The molecule has 0 bridgehead atoms. The van der Waals surface area contributed by atoms with Crippen LogP contribution in [-0.2, 0) is 6.42 Å². The van der Waals surface area contributed by atoms with Crippen molar-refractivity contribution in [2.24, 2.45) is 0 Å². The molecular weight excluding hydrogens is 318 g/mol. The molecule has 0 fully saturated rings. The monoisotopic (exact) mass is 333 g/mol. The summed E-state index contributed by atoms with van der Waals surface area (Å²) < 4.78 is 5.59. The van der Waals surface area contributed by atoms with Crippen molar-refractivity contribution in [3.63, 3.8) is 0 Å². The summed E-state index contributed by atoms with van der Waals surface area (Å²) in [6, 6.07) is 9.19. The number of rotatable bonds is 5. The van der Waals surface area contributed by atoms with Gasteiger partial charge in [0.25, 0.3) is 0 Å². The lowest BCUT2D eigenvalue weighted by Crippen LogP contribution is -1.98. The van der Waals surface area contributed by atoms with Crippen molar-refractivity contribution < 1.29 is 14.6 Å². The van der Waals surface area contributed by atoms with Crippen molar-refractivity contribution >= 4 is 5.97 Å². The van der Waals surface area contributed by atoms with Gasteiger partial charge in [0.1, 0.15) is 18.1 Å².